The lowest BCUT2D eigenvalue weighted by Crippen LogP contribution is -2.03. The van der Waals surface area contributed by atoms with E-state index < -0.39 is 0 Å². The van der Waals surface area contributed by atoms with Crippen LogP contribution in [0.1, 0.15) is 11.1 Å². The Balaban J connectivity index is 2.73. The molecule has 110 valence electrons. The summed E-state index contributed by atoms with van der Waals surface area (Å²) in [5, 5.41) is 1.34. The van der Waals surface area contributed by atoms with Crippen LogP contribution in [0.4, 0.5) is 34.1 Å². The predicted molar refractivity (Wildman–Crippen MR) is 91.8 cm³/mol. The van der Waals surface area contributed by atoms with E-state index in [0.29, 0.717) is 55.9 Å². The average molecular weight is 285 g/mol. The van der Waals surface area contributed by atoms with Crippen molar-refractivity contribution in [2.75, 3.05) is 34.4 Å². The van der Waals surface area contributed by atoms with Gasteiger partial charge in [0.2, 0.25) is 0 Å². The average Bonchev–Trinajstić information content (AvgIpc) is 2.87. The van der Waals surface area contributed by atoms with Crippen LogP contribution in [0.2, 0.25) is 0 Å². The summed E-state index contributed by atoms with van der Waals surface area (Å²) in [7, 11) is 0. The van der Waals surface area contributed by atoms with Crippen molar-refractivity contribution >= 4 is 55.9 Å². The lowest BCUT2D eigenvalue weighted by Gasteiger charge is -2.12. The quantitative estimate of drug-likeness (QED) is 0.308. The van der Waals surface area contributed by atoms with E-state index in [1.54, 1.807) is 0 Å². The second-order valence-electron chi connectivity index (χ2n) is 5.36. The summed E-state index contributed by atoms with van der Waals surface area (Å²) in [6.07, 6.45) is 0. The molecule has 0 bridgehead atoms. The normalized spacial score (nSPS) is 11.5. The highest BCUT2D eigenvalue weighted by molar-refractivity contribution is 6.26. The molecule has 0 saturated heterocycles. The minimum atomic E-state index is 0.428. The van der Waals surface area contributed by atoms with Gasteiger partial charge < -0.3 is 39.4 Å². The van der Waals surface area contributed by atoms with E-state index >= 15 is 0 Å². The third kappa shape index (κ3) is 1.37. The molecule has 0 spiro atoms. The summed E-state index contributed by atoms with van der Waals surface area (Å²) in [5.74, 6) is 0. The fourth-order valence-electron chi connectivity index (χ4n) is 2.78. The molecule has 0 aliphatic rings. The van der Waals surface area contributed by atoms with Crippen molar-refractivity contribution < 1.29 is 0 Å². The number of nitrogens with one attached hydrogen (secondary N) is 1. The zero-order valence-corrected chi connectivity index (χ0v) is 12.0. The van der Waals surface area contributed by atoms with E-state index in [1.807, 2.05) is 13.8 Å². The molecule has 0 radical (unpaired) electrons. The molecule has 7 heteroatoms. The van der Waals surface area contributed by atoms with Crippen molar-refractivity contribution in [3.63, 3.8) is 0 Å². The van der Waals surface area contributed by atoms with Gasteiger partial charge in [0.15, 0.2) is 0 Å². The minimum absolute atomic E-state index is 0.428. The predicted octanol–water partition coefficient (Wildman–Crippen LogP) is 1.43. The molecular formula is C14H19N7. The van der Waals surface area contributed by atoms with Gasteiger partial charge in [0.05, 0.1) is 45.2 Å². The lowest BCUT2D eigenvalue weighted by atomic mass is 10.0. The summed E-state index contributed by atoms with van der Waals surface area (Å²) in [6.45, 7) is 3.64. The molecule has 0 aliphatic carbocycles. The Labute approximate surface area is 121 Å². The monoisotopic (exact) mass is 285 g/mol. The topological polar surface area (TPSA) is 172 Å². The van der Waals surface area contributed by atoms with Crippen molar-refractivity contribution in [3.05, 3.63) is 11.1 Å². The molecule has 3 rings (SSSR count). The summed E-state index contributed by atoms with van der Waals surface area (Å²) < 4.78 is 0. The Kier molecular flexibility index (Phi) is 2.35. The molecule has 1 aromatic heterocycles. The first kappa shape index (κ1) is 13.0. The fourth-order valence-corrected chi connectivity index (χ4v) is 2.78. The van der Waals surface area contributed by atoms with Crippen molar-refractivity contribution in [1.29, 1.82) is 0 Å². The van der Waals surface area contributed by atoms with Gasteiger partial charge in [-0.05, 0) is 25.0 Å². The molecule has 21 heavy (non-hydrogen) atoms. The number of hydrogen-bond donors (Lipinski definition) is 7. The number of aromatic nitrogens is 1. The van der Waals surface area contributed by atoms with Gasteiger partial charge in [-0.2, -0.15) is 0 Å². The maximum atomic E-state index is 6.17. The number of anilines is 6. The van der Waals surface area contributed by atoms with Crippen molar-refractivity contribution in [2.45, 2.75) is 13.8 Å². The van der Waals surface area contributed by atoms with E-state index in [4.69, 9.17) is 34.4 Å². The van der Waals surface area contributed by atoms with Crippen molar-refractivity contribution in [2.24, 2.45) is 0 Å². The van der Waals surface area contributed by atoms with Crippen LogP contribution in [0.15, 0.2) is 0 Å². The first-order valence-electron chi connectivity index (χ1n) is 6.48. The molecule has 0 atom stereocenters. The number of aromatic amines is 1. The van der Waals surface area contributed by atoms with Crippen molar-refractivity contribution in [3.8, 4) is 0 Å². The van der Waals surface area contributed by atoms with Crippen LogP contribution in [-0.2, 0) is 0 Å². The molecule has 0 unspecified atom stereocenters. The Morgan fingerprint density at radius 2 is 0.857 bits per heavy atom. The molecular weight excluding hydrogens is 266 g/mol. The molecule has 2 aromatic carbocycles. The van der Waals surface area contributed by atoms with Gasteiger partial charge in [-0.25, -0.2) is 0 Å². The van der Waals surface area contributed by atoms with E-state index in [1.165, 1.54) is 0 Å². The Morgan fingerprint density at radius 1 is 0.524 bits per heavy atom. The second-order valence-corrected chi connectivity index (χ2v) is 5.36. The van der Waals surface area contributed by atoms with E-state index in [-0.39, 0.29) is 0 Å². The minimum Gasteiger partial charge on any atom is -0.397 e. The van der Waals surface area contributed by atoms with Gasteiger partial charge in [0.25, 0.3) is 0 Å². The molecule has 0 fully saturated rings. The highest BCUT2D eigenvalue weighted by atomic mass is 14.8. The number of benzene rings is 2. The first-order valence-corrected chi connectivity index (χ1v) is 6.48. The maximum absolute atomic E-state index is 6.17. The summed E-state index contributed by atoms with van der Waals surface area (Å²) in [4.78, 5) is 3.21. The number of nitrogen functional groups attached to an aromatic ring is 6. The Hall–Kier alpha value is -2.96. The molecule has 0 amide bonds. The van der Waals surface area contributed by atoms with Gasteiger partial charge in [-0.3, -0.25) is 0 Å². The largest absolute Gasteiger partial charge is 0.397 e. The maximum Gasteiger partial charge on any atom is 0.0725 e. The number of H-pyrrole nitrogens is 1. The molecule has 3 aromatic rings. The van der Waals surface area contributed by atoms with Crippen LogP contribution < -0.4 is 34.4 Å². The van der Waals surface area contributed by atoms with Gasteiger partial charge >= 0.3 is 0 Å². The van der Waals surface area contributed by atoms with Gasteiger partial charge in [-0.15, -0.1) is 0 Å². The zero-order valence-electron chi connectivity index (χ0n) is 12.0. The molecule has 13 N–H and O–H groups in total. The van der Waals surface area contributed by atoms with E-state index in [9.17, 15) is 0 Å². The molecule has 1 heterocycles. The number of fused-ring (bicyclic) bond motifs is 3. The van der Waals surface area contributed by atoms with E-state index in [0.717, 1.165) is 11.1 Å². The highest BCUT2D eigenvalue weighted by Crippen LogP contribution is 2.46. The van der Waals surface area contributed by atoms with Crippen LogP contribution in [0.5, 0.6) is 0 Å². The van der Waals surface area contributed by atoms with Gasteiger partial charge in [0, 0.05) is 10.8 Å². The third-order valence-electron chi connectivity index (χ3n) is 4.27. The molecule has 7 nitrogen and oxygen atoms in total. The van der Waals surface area contributed by atoms with Crippen LogP contribution in [-0.4, -0.2) is 4.98 Å². The zero-order chi connectivity index (χ0) is 15.6. The summed E-state index contributed by atoms with van der Waals surface area (Å²) in [6, 6.07) is 0. The second kappa shape index (κ2) is 3.78. The van der Waals surface area contributed by atoms with Crippen molar-refractivity contribution in [1.82, 2.24) is 4.98 Å². The Morgan fingerprint density at radius 3 is 1.19 bits per heavy atom. The van der Waals surface area contributed by atoms with Crippen LogP contribution >= 0.6 is 0 Å². The fraction of sp³-hybridized carbons (Fsp3) is 0.143. The SMILES string of the molecule is Cc1c(N)c(N)c2c([nH]c3c(N)c(C)c(N)c(N)c32)c1N. The summed E-state index contributed by atoms with van der Waals surface area (Å²) in [5.41, 5.74) is 42.3. The standard InChI is InChI=1S/C14H19N7/c1-3-7(15)11(19)5-6-12(20)8(16)4(2)10(18)14(6)21-13(5)9(3)17/h21H,15-20H2,1-2H3. The number of nitrogens with two attached hydrogens (primary N) is 6. The van der Waals surface area contributed by atoms with Gasteiger partial charge in [-0.1, -0.05) is 0 Å². The molecule has 0 saturated carbocycles. The summed E-state index contributed by atoms with van der Waals surface area (Å²) >= 11 is 0. The lowest BCUT2D eigenvalue weighted by molar-refractivity contribution is 1.45. The van der Waals surface area contributed by atoms with Crippen LogP contribution in [0, 0.1) is 13.8 Å². The smallest absolute Gasteiger partial charge is 0.0725 e. The van der Waals surface area contributed by atoms with Crippen LogP contribution in [0.3, 0.4) is 0 Å². The van der Waals surface area contributed by atoms with Gasteiger partial charge in [0.1, 0.15) is 0 Å². The first-order chi connectivity index (χ1) is 9.77. The Bertz CT molecular complexity index is 847. The number of rotatable bonds is 0. The third-order valence-corrected chi connectivity index (χ3v) is 4.27. The number of hydrogen-bond acceptors (Lipinski definition) is 6. The highest BCUT2D eigenvalue weighted by Gasteiger charge is 2.21. The van der Waals surface area contributed by atoms with E-state index in [2.05, 4.69) is 4.98 Å². The molecule has 0 aliphatic heterocycles. The van der Waals surface area contributed by atoms with Crippen LogP contribution in [0.25, 0.3) is 21.8 Å².